The van der Waals surface area contributed by atoms with E-state index in [9.17, 15) is 4.79 Å². The molecule has 0 unspecified atom stereocenters. The molecule has 196 valence electrons. The van der Waals surface area contributed by atoms with Gasteiger partial charge in [-0.3, -0.25) is 4.79 Å². The van der Waals surface area contributed by atoms with Crippen LogP contribution in [0.25, 0.3) is 5.69 Å². The minimum atomic E-state index is 0.0925. The molecule has 1 saturated heterocycles. The number of ether oxygens (including phenoxy) is 1. The van der Waals surface area contributed by atoms with Crippen LogP contribution in [0.5, 0.6) is 0 Å². The third kappa shape index (κ3) is 5.16. The second-order valence-corrected chi connectivity index (χ2v) is 12.5. The highest BCUT2D eigenvalue weighted by Crippen LogP contribution is 2.49. The number of nitrogens with one attached hydrogen (secondary N) is 1. The molecule has 0 spiro atoms. The number of amides is 1. The minimum Gasteiger partial charge on any atom is -0.381 e. The van der Waals surface area contributed by atoms with Crippen LogP contribution < -0.4 is 5.32 Å². The normalized spacial score (nSPS) is 20.6. The van der Waals surface area contributed by atoms with Gasteiger partial charge < -0.3 is 14.6 Å². The second kappa shape index (κ2) is 10.4. The van der Waals surface area contributed by atoms with Gasteiger partial charge in [-0.05, 0) is 92.0 Å². The summed E-state index contributed by atoms with van der Waals surface area (Å²) in [4.78, 5) is 13.7. The minimum absolute atomic E-state index is 0.0925. The number of carbonyl (C=O) groups is 1. The van der Waals surface area contributed by atoms with Crippen molar-refractivity contribution in [1.29, 1.82) is 0 Å². The molecule has 3 fully saturated rings. The molecule has 36 heavy (non-hydrogen) atoms. The fourth-order valence-corrected chi connectivity index (χ4v) is 6.51. The van der Waals surface area contributed by atoms with E-state index in [-0.39, 0.29) is 11.9 Å². The third-order valence-electron chi connectivity index (χ3n) is 9.33. The molecular formula is C32H46N2O2. The number of aromatic nitrogens is 1. The number of carbonyl (C=O) groups excluding carboxylic acids is 1. The number of benzene rings is 1. The second-order valence-electron chi connectivity index (χ2n) is 12.5. The predicted octanol–water partition coefficient (Wildman–Crippen LogP) is 7.30. The highest BCUT2D eigenvalue weighted by molar-refractivity contribution is 5.97. The molecule has 2 saturated carbocycles. The summed E-state index contributed by atoms with van der Waals surface area (Å²) in [6, 6.07) is 7.46. The van der Waals surface area contributed by atoms with Gasteiger partial charge in [0.2, 0.25) is 0 Å². The van der Waals surface area contributed by atoms with Gasteiger partial charge in [0.1, 0.15) is 0 Å². The van der Waals surface area contributed by atoms with Gasteiger partial charge in [0, 0.05) is 36.3 Å². The van der Waals surface area contributed by atoms with Crippen LogP contribution in [-0.2, 0) is 16.6 Å². The Bertz CT molecular complexity index is 1100. The van der Waals surface area contributed by atoms with E-state index in [1.807, 2.05) is 0 Å². The van der Waals surface area contributed by atoms with Gasteiger partial charge in [0.05, 0.1) is 5.56 Å². The average molecular weight is 491 g/mol. The lowest BCUT2D eigenvalue weighted by Crippen LogP contribution is -2.39. The van der Waals surface area contributed by atoms with Crippen molar-refractivity contribution in [3.05, 3.63) is 51.8 Å². The third-order valence-corrected chi connectivity index (χ3v) is 9.33. The van der Waals surface area contributed by atoms with Crippen LogP contribution in [-0.4, -0.2) is 29.7 Å². The molecule has 1 aromatic heterocycles. The molecule has 2 aromatic rings. The Balaban J connectivity index is 1.59. The van der Waals surface area contributed by atoms with Gasteiger partial charge in [-0.25, -0.2) is 0 Å². The topological polar surface area (TPSA) is 43.3 Å². The van der Waals surface area contributed by atoms with Crippen LogP contribution in [0.2, 0.25) is 0 Å². The van der Waals surface area contributed by atoms with E-state index in [4.69, 9.17) is 4.74 Å². The Labute approximate surface area is 218 Å². The summed E-state index contributed by atoms with van der Waals surface area (Å²) in [5, 5.41) is 3.36. The van der Waals surface area contributed by atoms with Crippen molar-refractivity contribution in [1.82, 2.24) is 9.88 Å². The lowest BCUT2D eigenvalue weighted by atomic mass is 9.85. The number of hydrogen-bond donors (Lipinski definition) is 1. The van der Waals surface area contributed by atoms with Gasteiger partial charge >= 0.3 is 0 Å². The first-order valence-corrected chi connectivity index (χ1v) is 14.5. The van der Waals surface area contributed by atoms with E-state index < -0.39 is 0 Å². The highest BCUT2D eigenvalue weighted by atomic mass is 16.5. The molecule has 4 heteroatoms. The summed E-state index contributed by atoms with van der Waals surface area (Å²) in [6.07, 6.45) is 12.1. The Morgan fingerprint density at radius 3 is 2.39 bits per heavy atom. The largest absolute Gasteiger partial charge is 0.381 e. The first kappa shape index (κ1) is 25.6. The number of rotatable bonds is 7. The maximum Gasteiger partial charge on any atom is 0.253 e. The summed E-state index contributed by atoms with van der Waals surface area (Å²) in [7, 11) is 0. The Hall–Kier alpha value is -2.07. The van der Waals surface area contributed by atoms with E-state index >= 15 is 0 Å². The van der Waals surface area contributed by atoms with Crippen molar-refractivity contribution >= 4 is 5.91 Å². The molecule has 4 nitrogen and oxygen atoms in total. The SMILES string of the molecule is Cc1c(C(=O)NC2CCOCC2)c(C)n(-c2cc(C(C)C)cc(C3(C)CC3)c2)c1CC1CCCCC1. The molecular weight excluding hydrogens is 444 g/mol. The van der Waals surface area contributed by atoms with Crippen molar-refractivity contribution in [2.45, 2.75) is 116 Å². The standard InChI is InChI=1S/C32H46N2O2/c1-21(2)25-18-26(32(5)13-14-32)20-28(19-25)34-23(4)30(31(35)33-27-11-15-36-16-12-27)22(3)29(34)17-24-9-7-6-8-10-24/h18-21,24,27H,6-17H2,1-5H3,(H,33,35). The molecule has 2 aliphatic carbocycles. The van der Waals surface area contributed by atoms with Gasteiger partial charge in [-0.1, -0.05) is 58.9 Å². The summed E-state index contributed by atoms with van der Waals surface area (Å²) >= 11 is 0. The van der Waals surface area contributed by atoms with Crippen molar-refractivity contribution in [2.24, 2.45) is 5.92 Å². The van der Waals surface area contributed by atoms with Crippen LogP contribution in [0.15, 0.2) is 18.2 Å². The predicted molar refractivity (Wildman–Crippen MR) is 148 cm³/mol. The number of nitrogens with zero attached hydrogens (tertiary/aromatic N) is 1. The van der Waals surface area contributed by atoms with Crippen LogP contribution in [0, 0.1) is 19.8 Å². The van der Waals surface area contributed by atoms with Crippen LogP contribution in [0.1, 0.15) is 123 Å². The fourth-order valence-electron chi connectivity index (χ4n) is 6.51. The van der Waals surface area contributed by atoms with E-state index in [0.717, 1.165) is 43.7 Å². The quantitative estimate of drug-likeness (QED) is 0.442. The van der Waals surface area contributed by atoms with Crippen molar-refractivity contribution in [3.8, 4) is 5.69 Å². The zero-order valence-electron chi connectivity index (χ0n) is 23.2. The Kier molecular flexibility index (Phi) is 7.36. The summed E-state index contributed by atoms with van der Waals surface area (Å²) in [5.74, 6) is 1.28. The van der Waals surface area contributed by atoms with Gasteiger partial charge in [0.25, 0.3) is 5.91 Å². The zero-order chi connectivity index (χ0) is 25.4. The van der Waals surface area contributed by atoms with Gasteiger partial charge in [-0.15, -0.1) is 0 Å². The molecule has 3 aliphatic rings. The fraction of sp³-hybridized carbons (Fsp3) is 0.656. The Morgan fingerprint density at radius 2 is 1.75 bits per heavy atom. The van der Waals surface area contributed by atoms with Crippen molar-refractivity contribution < 1.29 is 9.53 Å². The van der Waals surface area contributed by atoms with Crippen molar-refractivity contribution in [2.75, 3.05) is 13.2 Å². The monoisotopic (exact) mass is 490 g/mol. The maximum absolute atomic E-state index is 13.7. The molecule has 0 radical (unpaired) electrons. The van der Waals surface area contributed by atoms with E-state index in [1.165, 1.54) is 73.0 Å². The Morgan fingerprint density at radius 1 is 1.06 bits per heavy atom. The summed E-state index contributed by atoms with van der Waals surface area (Å²) < 4.78 is 7.98. The molecule has 2 heterocycles. The van der Waals surface area contributed by atoms with E-state index in [2.05, 4.69) is 62.7 Å². The van der Waals surface area contributed by atoms with Gasteiger partial charge in [0.15, 0.2) is 0 Å². The maximum atomic E-state index is 13.7. The molecule has 0 atom stereocenters. The lowest BCUT2D eigenvalue weighted by Gasteiger charge is -2.24. The van der Waals surface area contributed by atoms with Crippen LogP contribution in [0.3, 0.4) is 0 Å². The van der Waals surface area contributed by atoms with Crippen LogP contribution >= 0.6 is 0 Å². The highest BCUT2D eigenvalue weighted by Gasteiger charge is 2.39. The van der Waals surface area contributed by atoms with Crippen LogP contribution in [0.4, 0.5) is 0 Å². The summed E-state index contributed by atoms with van der Waals surface area (Å²) in [5.41, 5.74) is 8.94. The molecule has 1 aliphatic heterocycles. The average Bonchev–Trinajstić information content (AvgIpc) is 3.57. The molecule has 5 rings (SSSR count). The lowest BCUT2D eigenvalue weighted by molar-refractivity contribution is 0.0696. The first-order valence-electron chi connectivity index (χ1n) is 14.5. The summed E-state index contributed by atoms with van der Waals surface area (Å²) in [6.45, 7) is 12.8. The molecule has 1 aromatic carbocycles. The van der Waals surface area contributed by atoms with E-state index in [1.54, 1.807) is 0 Å². The van der Waals surface area contributed by atoms with Crippen molar-refractivity contribution in [3.63, 3.8) is 0 Å². The molecule has 0 bridgehead atoms. The smallest absolute Gasteiger partial charge is 0.253 e. The van der Waals surface area contributed by atoms with Gasteiger partial charge in [-0.2, -0.15) is 0 Å². The van der Waals surface area contributed by atoms with E-state index in [0.29, 0.717) is 17.3 Å². The molecule has 1 amide bonds. The number of hydrogen-bond acceptors (Lipinski definition) is 2. The molecule has 1 N–H and O–H groups in total. The first-order chi connectivity index (χ1) is 17.3. The zero-order valence-corrected chi connectivity index (χ0v) is 23.2.